The van der Waals surface area contributed by atoms with Gasteiger partial charge in [0.25, 0.3) is 0 Å². The van der Waals surface area contributed by atoms with Crippen LogP contribution in [0.1, 0.15) is 10.4 Å². The van der Waals surface area contributed by atoms with Crippen molar-refractivity contribution in [2.75, 3.05) is 0 Å². The lowest BCUT2D eigenvalue weighted by Gasteiger charge is -1.91. The minimum absolute atomic E-state index is 0.619. The summed E-state index contributed by atoms with van der Waals surface area (Å²) in [6, 6.07) is 0. The number of aromatic amines is 2. The highest BCUT2D eigenvalue weighted by molar-refractivity contribution is 7.72. The second-order valence-electron chi connectivity index (χ2n) is 2.79. The average molecular weight is 212 g/mol. The van der Waals surface area contributed by atoms with E-state index in [9.17, 15) is 0 Å². The molecule has 5 heteroatoms. The number of rotatable bonds is 0. The quantitative estimate of drug-likeness (QED) is 0.561. The van der Waals surface area contributed by atoms with Gasteiger partial charge in [-0.25, -0.2) is 0 Å². The summed E-state index contributed by atoms with van der Waals surface area (Å²) in [5.74, 6) is 0. The van der Waals surface area contributed by atoms with Crippen molar-refractivity contribution in [2.24, 2.45) is 0 Å². The molecule has 60 valence electrons. The molecule has 3 rings (SSSR count). The van der Waals surface area contributed by atoms with Gasteiger partial charge in [-0.15, -0.1) is 11.3 Å². The summed E-state index contributed by atoms with van der Waals surface area (Å²) in [5.41, 5.74) is 1.41. The van der Waals surface area contributed by atoms with Crippen LogP contribution >= 0.6 is 35.8 Å². The zero-order valence-electron chi connectivity index (χ0n) is 5.93. The molecule has 0 aliphatic heterocycles. The molecule has 2 N–H and O–H groups in total. The van der Waals surface area contributed by atoms with Gasteiger partial charge in [-0.1, -0.05) is 12.2 Å². The van der Waals surface area contributed by atoms with Crippen LogP contribution in [0.15, 0.2) is 0 Å². The monoisotopic (exact) mass is 212 g/mol. The number of fused-ring (bicyclic) bond motifs is 3. The Balaban J connectivity index is 2.70. The second-order valence-corrected chi connectivity index (χ2v) is 4.71. The molecule has 2 aromatic heterocycles. The Morgan fingerprint density at radius 3 is 2.92 bits per heavy atom. The molecule has 1 aliphatic rings. The normalized spacial score (nSPS) is 13.3. The number of thiophene rings is 1. The number of nitrogens with one attached hydrogen (secondary N) is 2. The average Bonchev–Trinajstić information content (AvgIpc) is 2.60. The molecule has 0 bridgehead atoms. The van der Waals surface area contributed by atoms with Crippen molar-refractivity contribution < 1.29 is 0 Å². The number of hydrogen-bond donors (Lipinski definition) is 2. The van der Waals surface area contributed by atoms with Gasteiger partial charge in [-0.05, 0) is 17.8 Å². The van der Waals surface area contributed by atoms with E-state index >= 15 is 0 Å². The van der Waals surface area contributed by atoms with Gasteiger partial charge in [0, 0.05) is 16.7 Å². The van der Waals surface area contributed by atoms with Crippen LogP contribution in [0, 0.1) is 9.41 Å². The lowest BCUT2D eigenvalue weighted by Crippen LogP contribution is -1.82. The van der Waals surface area contributed by atoms with E-state index in [1.807, 2.05) is 0 Å². The highest BCUT2D eigenvalue weighted by Crippen LogP contribution is 2.42. The Morgan fingerprint density at radius 1 is 1.25 bits per heavy atom. The molecule has 0 radical (unpaired) electrons. The Bertz CT molecular complexity index is 587. The van der Waals surface area contributed by atoms with Crippen molar-refractivity contribution in [3.8, 4) is 0 Å². The van der Waals surface area contributed by atoms with E-state index < -0.39 is 0 Å². The van der Waals surface area contributed by atoms with E-state index in [0.29, 0.717) is 4.77 Å². The number of hydrogen-bond acceptors (Lipinski definition) is 3. The zero-order chi connectivity index (χ0) is 8.29. The minimum Gasteiger partial charge on any atom is -0.324 e. The first-order chi connectivity index (χ1) is 5.75. The van der Waals surface area contributed by atoms with Crippen molar-refractivity contribution >= 4 is 46.0 Å². The molecular formula is C7H4N2S3. The largest absolute Gasteiger partial charge is 0.324 e. The molecule has 0 saturated heterocycles. The molecule has 1 aliphatic carbocycles. The van der Waals surface area contributed by atoms with Crippen LogP contribution in [-0.4, -0.2) is 9.97 Å². The molecule has 0 unspecified atom stereocenters. The Hall–Kier alpha value is -0.520. The van der Waals surface area contributed by atoms with E-state index in [2.05, 4.69) is 9.97 Å². The fraction of sp³-hybridized carbons (Fsp3) is 0.143. The van der Waals surface area contributed by atoms with Gasteiger partial charge in [0.15, 0.2) is 4.77 Å². The van der Waals surface area contributed by atoms with E-state index in [4.69, 9.17) is 24.4 Å². The minimum atomic E-state index is 0.619. The summed E-state index contributed by atoms with van der Waals surface area (Å²) in [6.45, 7) is 0. The summed E-state index contributed by atoms with van der Waals surface area (Å²) in [5, 5.41) is 1.18. The van der Waals surface area contributed by atoms with Crippen LogP contribution in [0.25, 0.3) is 10.2 Å². The highest BCUT2D eigenvalue weighted by Gasteiger charge is 2.24. The van der Waals surface area contributed by atoms with E-state index in [-0.39, 0.29) is 0 Å². The summed E-state index contributed by atoms with van der Waals surface area (Å²) in [7, 11) is 0. The van der Waals surface area contributed by atoms with Crippen molar-refractivity contribution in [1.82, 2.24) is 9.97 Å². The highest BCUT2D eigenvalue weighted by atomic mass is 32.1. The lowest BCUT2D eigenvalue weighted by molar-refractivity contribution is 1.18. The molecule has 2 aromatic rings. The molecule has 2 nitrogen and oxygen atoms in total. The molecule has 0 amide bonds. The van der Waals surface area contributed by atoms with Crippen LogP contribution in [0.4, 0.5) is 0 Å². The van der Waals surface area contributed by atoms with Crippen LogP contribution in [-0.2, 0) is 6.42 Å². The maximum atomic E-state index is 5.18. The van der Waals surface area contributed by atoms with Gasteiger partial charge in [-0.2, -0.15) is 0 Å². The lowest BCUT2D eigenvalue weighted by atomic mass is 10.4. The summed E-state index contributed by atoms with van der Waals surface area (Å²) < 4.78 is 1.40. The van der Waals surface area contributed by atoms with Crippen LogP contribution in [0.5, 0.6) is 0 Å². The molecule has 0 aromatic carbocycles. The maximum absolute atomic E-state index is 5.18. The van der Waals surface area contributed by atoms with Crippen LogP contribution < -0.4 is 0 Å². The fourth-order valence-corrected chi connectivity index (χ4v) is 3.28. The van der Waals surface area contributed by atoms with Gasteiger partial charge < -0.3 is 9.97 Å². The molecule has 2 heterocycles. The van der Waals surface area contributed by atoms with Gasteiger partial charge in [0.2, 0.25) is 0 Å². The first-order valence-electron chi connectivity index (χ1n) is 3.52. The Kier molecular flexibility index (Phi) is 1.18. The third-order valence-corrected chi connectivity index (χ3v) is 3.64. The van der Waals surface area contributed by atoms with Crippen molar-refractivity contribution in [3.63, 3.8) is 0 Å². The SMILES string of the molecule is S=c1[nH]c(=S)c2c3c(sc2[nH]1)C3. The second kappa shape index (κ2) is 2.04. The number of aromatic nitrogens is 2. The molecular weight excluding hydrogens is 208 g/mol. The fourth-order valence-electron chi connectivity index (χ4n) is 1.38. The molecule has 0 spiro atoms. The van der Waals surface area contributed by atoms with E-state index in [1.54, 1.807) is 11.3 Å². The third kappa shape index (κ3) is 0.784. The van der Waals surface area contributed by atoms with Gasteiger partial charge >= 0.3 is 0 Å². The smallest absolute Gasteiger partial charge is 0.176 e. The standard InChI is InChI=1S/C7H4N2S3/c10-5-4-2-1-3(2)12-6(4)9-7(11)8-5/h1H2,(H2,8,9,10,11). The number of H-pyrrole nitrogens is 2. The van der Waals surface area contributed by atoms with Gasteiger partial charge in [0.1, 0.15) is 9.47 Å². The summed E-state index contributed by atoms with van der Waals surface area (Å²) in [4.78, 5) is 8.63. The van der Waals surface area contributed by atoms with Gasteiger partial charge in [0.05, 0.1) is 0 Å². The van der Waals surface area contributed by atoms with Crippen molar-refractivity contribution in [3.05, 3.63) is 19.9 Å². The molecule has 0 atom stereocenters. The Labute approximate surface area is 82.3 Å². The van der Waals surface area contributed by atoms with Gasteiger partial charge in [-0.3, -0.25) is 0 Å². The molecule has 0 fully saturated rings. The predicted octanol–water partition coefficient (Wildman–Crippen LogP) is 2.92. The van der Waals surface area contributed by atoms with E-state index in [0.717, 1.165) is 15.9 Å². The first kappa shape index (κ1) is 6.94. The summed E-state index contributed by atoms with van der Waals surface area (Å²) in [6.07, 6.45) is 1.12. The molecule has 12 heavy (non-hydrogen) atoms. The van der Waals surface area contributed by atoms with Crippen LogP contribution in [0.3, 0.4) is 0 Å². The van der Waals surface area contributed by atoms with Crippen molar-refractivity contribution in [1.29, 1.82) is 0 Å². The zero-order valence-corrected chi connectivity index (χ0v) is 8.38. The maximum Gasteiger partial charge on any atom is 0.176 e. The van der Waals surface area contributed by atoms with E-state index in [1.165, 1.54) is 15.8 Å². The topological polar surface area (TPSA) is 31.6 Å². The van der Waals surface area contributed by atoms with Crippen LogP contribution in [0.2, 0.25) is 0 Å². The Morgan fingerprint density at radius 2 is 2.08 bits per heavy atom. The molecule has 0 saturated carbocycles. The third-order valence-electron chi connectivity index (χ3n) is 1.98. The van der Waals surface area contributed by atoms with Crippen molar-refractivity contribution in [2.45, 2.75) is 6.42 Å². The predicted molar refractivity (Wildman–Crippen MR) is 55.0 cm³/mol. The summed E-state index contributed by atoms with van der Waals surface area (Å²) >= 11 is 11.9. The first-order valence-corrected chi connectivity index (χ1v) is 5.16.